The molecule has 0 saturated carbocycles. The molecule has 128 valence electrons. The Balaban J connectivity index is 1.59. The molecule has 0 spiro atoms. The fraction of sp³-hybridized carbons (Fsp3) is 0.471. The van der Waals surface area contributed by atoms with Gasteiger partial charge >= 0.3 is 5.69 Å². The zero-order valence-electron chi connectivity index (χ0n) is 14.0. The Morgan fingerprint density at radius 3 is 2.83 bits per heavy atom. The highest BCUT2D eigenvalue weighted by Crippen LogP contribution is 2.34. The third-order valence-corrected chi connectivity index (χ3v) is 4.39. The summed E-state index contributed by atoms with van der Waals surface area (Å²) in [5.41, 5.74) is 1.73. The monoisotopic (exact) mass is 330 g/mol. The molecule has 0 unspecified atom stereocenters. The first-order chi connectivity index (χ1) is 11.6. The van der Waals surface area contributed by atoms with E-state index in [1.807, 2.05) is 30.3 Å². The van der Waals surface area contributed by atoms with Crippen molar-refractivity contribution in [1.82, 2.24) is 9.78 Å². The lowest BCUT2D eigenvalue weighted by molar-refractivity contribution is -0.384. The van der Waals surface area contributed by atoms with Gasteiger partial charge in [0, 0.05) is 26.1 Å². The van der Waals surface area contributed by atoms with Crippen LogP contribution in [0.1, 0.15) is 17.7 Å². The van der Waals surface area contributed by atoms with Crippen molar-refractivity contribution in [2.75, 3.05) is 24.6 Å². The van der Waals surface area contributed by atoms with Crippen LogP contribution in [0.2, 0.25) is 0 Å². The lowest BCUT2D eigenvalue weighted by atomic mass is 10.1. The first kappa shape index (κ1) is 16.4. The van der Waals surface area contributed by atoms with Crippen molar-refractivity contribution in [2.24, 2.45) is 13.0 Å². The second-order valence-electron chi connectivity index (χ2n) is 6.24. The minimum atomic E-state index is -0.336. The smallest absolute Gasteiger partial charge is 0.333 e. The van der Waals surface area contributed by atoms with Gasteiger partial charge in [0.2, 0.25) is 5.82 Å². The van der Waals surface area contributed by atoms with Crippen molar-refractivity contribution in [2.45, 2.75) is 20.0 Å². The molecule has 0 N–H and O–H groups in total. The van der Waals surface area contributed by atoms with Crippen LogP contribution >= 0.6 is 0 Å². The Labute approximate surface area is 141 Å². The summed E-state index contributed by atoms with van der Waals surface area (Å²) >= 11 is 0. The van der Waals surface area contributed by atoms with Gasteiger partial charge in [0.1, 0.15) is 5.69 Å². The molecule has 2 heterocycles. The van der Waals surface area contributed by atoms with Gasteiger partial charge in [-0.25, -0.2) is 4.68 Å². The maximum Gasteiger partial charge on any atom is 0.333 e. The summed E-state index contributed by atoms with van der Waals surface area (Å²) in [6.07, 6.45) is 0.968. The van der Waals surface area contributed by atoms with E-state index < -0.39 is 0 Å². The minimum absolute atomic E-state index is 0.114. The number of rotatable bonds is 6. The lowest BCUT2D eigenvalue weighted by Gasteiger charge is -2.17. The third-order valence-electron chi connectivity index (χ3n) is 4.39. The Morgan fingerprint density at radius 2 is 2.12 bits per heavy atom. The highest BCUT2D eigenvalue weighted by molar-refractivity contribution is 5.61. The van der Waals surface area contributed by atoms with E-state index in [0.29, 0.717) is 30.6 Å². The van der Waals surface area contributed by atoms with Crippen LogP contribution < -0.4 is 4.90 Å². The number of anilines is 1. The SMILES string of the molecule is Cc1nn(C)c(N2CC[C@H](COCc3ccccc3)C2)c1[N+](=O)[O-]. The van der Waals surface area contributed by atoms with Gasteiger partial charge in [-0.2, -0.15) is 5.10 Å². The fourth-order valence-corrected chi connectivity index (χ4v) is 3.28. The Morgan fingerprint density at radius 1 is 1.38 bits per heavy atom. The molecule has 1 atom stereocenters. The van der Waals surface area contributed by atoms with Crippen LogP contribution in [0.3, 0.4) is 0 Å². The molecule has 0 radical (unpaired) electrons. The van der Waals surface area contributed by atoms with Crippen LogP contribution in [-0.4, -0.2) is 34.4 Å². The van der Waals surface area contributed by atoms with Gasteiger partial charge in [-0.15, -0.1) is 0 Å². The number of nitro groups is 1. The largest absolute Gasteiger partial charge is 0.376 e. The van der Waals surface area contributed by atoms with Crippen molar-refractivity contribution >= 4 is 11.5 Å². The number of benzene rings is 1. The van der Waals surface area contributed by atoms with Gasteiger partial charge < -0.3 is 9.64 Å². The molecule has 7 nitrogen and oxygen atoms in total. The number of ether oxygens (including phenoxy) is 1. The van der Waals surface area contributed by atoms with Gasteiger partial charge in [0.05, 0.1) is 18.1 Å². The van der Waals surface area contributed by atoms with E-state index in [1.54, 1.807) is 18.7 Å². The van der Waals surface area contributed by atoms with Crippen LogP contribution in [0.5, 0.6) is 0 Å². The number of aromatic nitrogens is 2. The van der Waals surface area contributed by atoms with Crippen LogP contribution in [-0.2, 0) is 18.4 Å². The van der Waals surface area contributed by atoms with Crippen molar-refractivity contribution < 1.29 is 9.66 Å². The summed E-state index contributed by atoms with van der Waals surface area (Å²) in [7, 11) is 1.76. The first-order valence-corrected chi connectivity index (χ1v) is 8.11. The van der Waals surface area contributed by atoms with E-state index in [4.69, 9.17) is 4.74 Å². The second kappa shape index (κ2) is 7.00. The van der Waals surface area contributed by atoms with E-state index in [-0.39, 0.29) is 10.6 Å². The first-order valence-electron chi connectivity index (χ1n) is 8.11. The molecular formula is C17H22N4O3. The predicted molar refractivity (Wildman–Crippen MR) is 91.0 cm³/mol. The quantitative estimate of drug-likeness (QED) is 0.601. The molecular weight excluding hydrogens is 308 g/mol. The van der Waals surface area contributed by atoms with Crippen LogP contribution in [0.15, 0.2) is 30.3 Å². The molecule has 1 aliphatic rings. The molecule has 7 heteroatoms. The highest BCUT2D eigenvalue weighted by atomic mass is 16.6. The van der Waals surface area contributed by atoms with Crippen molar-refractivity contribution in [1.29, 1.82) is 0 Å². The van der Waals surface area contributed by atoms with E-state index in [0.717, 1.165) is 25.1 Å². The van der Waals surface area contributed by atoms with Crippen LogP contribution in [0.4, 0.5) is 11.5 Å². The molecule has 0 aliphatic carbocycles. The summed E-state index contributed by atoms with van der Waals surface area (Å²) < 4.78 is 7.43. The average Bonchev–Trinajstić information content (AvgIpc) is 3.12. The molecule has 0 amide bonds. The topological polar surface area (TPSA) is 73.4 Å². The number of hydrogen-bond donors (Lipinski definition) is 0. The Hall–Kier alpha value is -2.41. The zero-order chi connectivity index (χ0) is 17.1. The van der Waals surface area contributed by atoms with Crippen molar-refractivity contribution in [3.63, 3.8) is 0 Å². The predicted octanol–water partition coefficient (Wildman–Crippen LogP) is 2.68. The van der Waals surface area contributed by atoms with E-state index in [1.165, 1.54) is 0 Å². The molecule has 24 heavy (non-hydrogen) atoms. The minimum Gasteiger partial charge on any atom is -0.376 e. The number of nitrogens with zero attached hydrogens (tertiary/aromatic N) is 4. The molecule has 1 aromatic carbocycles. The van der Waals surface area contributed by atoms with E-state index >= 15 is 0 Å². The molecule has 2 aromatic rings. The normalized spacial score (nSPS) is 17.4. The third kappa shape index (κ3) is 3.41. The molecule has 3 rings (SSSR count). The Kier molecular flexibility index (Phi) is 4.80. The van der Waals surface area contributed by atoms with Gasteiger partial charge in [-0.05, 0) is 18.9 Å². The van der Waals surface area contributed by atoms with E-state index in [9.17, 15) is 10.1 Å². The van der Waals surface area contributed by atoms with E-state index in [2.05, 4.69) is 10.00 Å². The van der Waals surface area contributed by atoms with Crippen molar-refractivity contribution in [3.8, 4) is 0 Å². The van der Waals surface area contributed by atoms with Gasteiger partial charge in [-0.1, -0.05) is 30.3 Å². The number of aryl methyl sites for hydroxylation is 2. The van der Waals surface area contributed by atoms with Crippen LogP contribution in [0, 0.1) is 23.0 Å². The molecule has 1 saturated heterocycles. The summed E-state index contributed by atoms with van der Waals surface area (Å²) in [5, 5.41) is 15.5. The average molecular weight is 330 g/mol. The molecule has 1 aliphatic heterocycles. The summed E-state index contributed by atoms with van der Waals surface area (Å²) in [6, 6.07) is 10.1. The fourth-order valence-electron chi connectivity index (χ4n) is 3.28. The summed E-state index contributed by atoms with van der Waals surface area (Å²) in [4.78, 5) is 13.0. The zero-order valence-corrected chi connectivity index (χ0v) is 14.0. The summed E-state index contributed by atoms with van der Waals surface area (Å²) in [6.45, 7) is 4.49. The maximum absolute atomic E-state index is 11.3. The van der Waals surface area contributed by atoms with Crippen LogP contribution in [0.25, 0.3) is 0 Å². The lowest BCUT2D eigenvalue weighted by Crippen LogP contribution is -2.24. The molecule has 0 bridgehead atoms. The Bertz CT molecular complexity index is 714. The standard InChI is InChI=1S/C17H22N4O3/c1-13-16(21(22)23)17(19(2)18-13)20-9-8-15(10-20)12-24-11-14-6-4-3-5-7-14/h3-7,15H,8-12H2,1-2H3/t15-/m0/s1. The van der Waals surface area contributed by atoms with Gasteiger partial charge in [-0.3, -0.25) is 10.1 Å². The highest BCUT2D eigenvalue weighted by Gasteiger charge is 2.33. The molecule has 1 fully saturated rings. The number of hydrogen-bond acceptors (Lipinski definition) is 5. The summed E-state index contributed by atoms with van der Waals surface area (Å²) in [5.74, 6) is 0.978. The van der Waals surface area contributed by atoms with Crippen molar-refractivity contribution in [3.05, 3.63) is 51.7 Å². The van der Waals surface area contributed by atoms with Gasteiger partial charge in [0.25, 0.3) is 0 Å². The molecule has 1 aromatic heterocycles. The second-order valence-corrected chi connectivity index (χ2v) is 6.24. The maximum atomic E-state index is 11.3. The van der Waals surface area contributed by atoms with Gasteiger partial charge in [0.15, 0.2) is 0 Å².